The van der Waals surface area contributed by atoms with Gasteiger partial charge in [0.05, 0.1) is 12.1 Å². The lowest BCUT2D eigenvalue weighted by Gasteiger charge is -2.26. The van der Waals surface area contributed by atoms with Crippen molar-refractivity contribution in [2.45, 2.75) is 25.5 Å². The summed E-state index contributed by atoms with van der Waals surface area (Å²) in [7, 11) is 1.79. The largest absolute Gasteiger partial charge is 0.380 e. The second-order valence-electron chi connectivity index (χ2n) is 4.36. The molecule has 0 aromatic carbocycles. The molecule has 2 atom stereocenters. The zero-order valence-electron chi connectivity index (χ0n) is 9.98. The Morgan fingerprint density at radius 3 is 3.00 bits per heavy atom. The Morgan fingerprint density at radius 2 is 2.50 bits per heavy atom. The van der Waals surface area contributed by atoms with Crippen LogP contribution in [0, 0.1) is 6.92 Å². The number of rotatable bonds is 4. The Kier molecular flexibility index (Phi) is 3.97. The molecule has 1 aromatic rings. The number of ether oxygens (including phenoxy) is 1. The maximum atomic E-state index is 5.92. The molecule has 4 heteroatoms. The highest BCUT2D eigenvalue weighted by Gasteiger charge is 2.29. The SMILES string of the molecule is COC1CCN(C(CN)c2sccc2C)C1. The first kappa shape index (κ1) is 12.0. The lowest BCUT2D eigenvalue weighted by atomic mass is 10.1. The molecule has 90 valence electrons. The molecule has 2 heterocycles. The summed E-state index contributed by atoms with van der Waals surface area (Å²) < 4.78 is 5.40. The van der Waals surface area contributed by atoms with Crippen LogP contribution in [0.3, 0.4) is 0 Å². The van der Waals surface area contributed by atoms with E-state index in [1.807, 2.05) is 11.3 Å². The van der Waals surface area contributed by atoms with Crippen LogP contribution in [0.5, 0.6) is 0 Å². The van der Waals surface area contributed by atoms with Crippen LogP contribution in [0.1, 0.15) is 22.9 Å². The van der Waals surface area contributed by atoms with E-state index in [0.29, 0.717) is 18.7 Å². The van der Waals surface area contributed by atoms with E-state index in [4.69, 9.17) is 10.5 Å². The number of likely N-dealkylation sites (tertiary alicyclic amines) is 1. The molecule has 16 heavy (non-hydrogen) atoms. The van der Waals surface area contributed by atoms with Gasteiger partial charge in [-0.1, -0.05) is 0 Å². The fourth-order valence-electron chi connectivity index (χ4n) is 2.38. The van der Waals surface area contributed by atoms with E-state index in [0.717, 1.165) is 19.5 Å². The van der Waals surface area contributed by atoms with Crippen molar-refractivity contribution in [3.8, 4) is 0 Å². The van der Waals surface area contributed by atoms with E-state index < -0.39 is 0 Å². The van der Waals surface area contributed by atoms with Gasteiger partial charge >= 0.3 is 0 Å². The molecule has 1 fully saturated rings. The molecule has 0 radical (unpaired) electrons. The van der Waals surface area contributed by atoms with Gasteiger partial charge in [0, 0.05) is 31.6 Å². The van der Waals surface area contributed by atoms with Crippen LogP contribution in [-0.2, 0) is 4.74 Å². The van der Waals surface area contributed by atoms with Crippen molar-refractivity contribution >= 4 is 11.3 Å². The molecule has 2 N–H and O–H groups in total. The molecule has 0 spiro atoms. The van der Waals surface area contributed by atoms with E-state index in [1.54, 1.807) is 7.11 Å². The third kappa shape index (κ3) is 2.30. The fourth-order valence-corrected chi connectivity index (χ4v) is 3.45. The van der Waals surface area contributed by atoms with Crippen molar-refractivity contribution < 1.29 is 4.74 Å². The number of hydrogen-bond donors (Lipinski definition) is 1. The van der Waals surface area contributed by atoms with Gasteiger partial charge in [-0.05, 0) is 30.4 Å². The zero-order chi connectivity index (χ0) is 11.5. The summed E-state index contributed by atoms with van der Waals surface area (Å²) in [4.78, 5) is 3.87. The number of methoxy groups -OCH3 is 1. The first-order valence-electron chi connectivity index (χ1n) is 5.77. The summed E-state index contributed by atoms with van der Waals surface area (Å²) in [6.45, 7) is 4.96. The van der Waals surface area contributed by atoms with Gasteiger partial charge in [0.1, 0.15) is 0 Å². The Labute approximate surface area is 101 Å². The van der Waals surface area contributed by atoms with Gasteiger partial charge in [-0.25, -0.2) is 0 Å². The quantitative estimate of drug-likeness (QED) is 0.872. The lowest BCUT2D eigenvalue weighted by Crippen LogP contribution is -2.32. The number of nitrogens with two attached hydrogens (primary N) is 1. The van der Waals surface area contributed by atoms with Crippen molar-refractivity contribution in [2.24, 2.45) is 5.73 Å². The molecule has 1 aliphatic heterocycles. The number of nitrogens with zero attached hydrogens (tertiary/aromatic N) is 1. The molecular formula is C12H20N2OS. The number of thiophene rings is 1. The molecule has 0 amide bonds. The lowest BCUT2D eigenvalue weighted by molar-refractivity contribution is 0.102. The fraction of sp³-hybridized carbons (Fsp3) is 0.667. The van der Waals surface area contributed by atoms with Crippen molar-refractivity contribution in [2.75, 3.05) is 26.7 Å². The molecule has 1 saturated heterocycles. The van der Waals surface area contributed by atoms with E-state index in [9.17, 15) is 0 Å². The average molecular weight is 240 g/mol. The molecule has 2 unspecified atom stereocenters. The average Bonchev–Trinajstić information content (AvgIpc) is 2.90. The summed E-state index contributed by atoms with van der Waals surface area (Å²) >= 11 is 1.82. The molecule has 0 aliphatic carbocycles. The highest BCUT2D eigenvalue weighted by atomic mass is 32.1. The van der Waals surface area contributed by atoms with E-state index in [-0.39, 0.29) is 0 Å². The predicted octanol–water partition coefficient (Wildman–Crippen LogP) is 1.78. The van der Waals surface area contributed by atoms with Gasteiger partial charge < -0.3 is 10.5 Å². The Bertz CT molecular complexity index is 340. The Morgan fingerprint density at radius 1 is 1.69 bits per heavy atom. The number of hydrogen-bond acceptors (Lipinski definition) is 4. The standard InChI is InChI=1S/C12H20N2OS/c1-9-4-6-16-12(9)11(7-13)14-5-3-10(8-14)15-2/h4,6,10-11H,3,5,7-8,13H2,1-2H3. The molecule has 2 rings (SSSR count). The third-order valence-corrected chi connectivity index (χ3v) is 4.50. The van der Waals surface area contributed by atoms with Crippen LogP contribution in [0.2, 0.25) is 0 Å². The summed E-state index contributed by atoms with van der Waals surface area (Å²) in [5, 5.41) is 2.15. The number of aryl methyl sites for hydroxylation is 1. The van der Waals surface area contributed by atoms with Crippen LogP contribution in [-0.4, -0.2) is 37.7 Å². The smallest absolute Gasteiger partial charge is 0.0710 e. The van der Waals surface area contributed by atoms with Crippen molar-refractivity contribution in [3.63, 3.8) is 0 Å². The first-order chi connectivity index (χ1) is 7.76. The zero-order valence-corrected chi connectivity index (χ0v) is 10.8. The van der Waals surface area contributed by atoms with Gasteiger partial charge in [-0.3, -0.25) is 4.90 Å². The maximum absolute atomic E-state index is 5.92. The predicted molar refractivity (Wildman–Crippen MR) is 67.8 cm³/mol. The van der Waals surface area contributed by atoms with Crippen LogP contribution >= 0.6 is 11.3 Å². The minimum absolute atomic E-state index is 0.375. The molecule has 1 aliphatic rings. The molecule has 1 aromatic heterocycles. The van der Waals surface area contributed by atoms with Crippen LogP contribution < -0.4 is 5.73 Å². The van der Waals surface area contributed by atoms with Crippen molar-refractivity contribution in [3.05, 3.63) is 21.9 Å². The highest BCUT2D eigenvalue weighted by molar-refractivity contribution is 7.10. The molecule has 0 saturated carbocycles. The van der Waals surface area contributed by atoms with E-state index in [2.05, 4.69) is 23.3 Å². The van der Waals surface area contributed by atoms with Gasteiger partial charge in [0.15, 0.2) is 0 Å². The summed E-state index contributed by atoms with van der Waals surface area (Å²) in [6, 6.07) is 2.55. The normalized spacial score (nSPS) is 23.8. The van der Waals surface area contributed by atoms with E-state index >= 15 is 0 Å². The summed E-state index contributed by atoms with van der Waals surface area (Å²) in [6.07, 6.45) is 1.51. The molecule has 0 bridgehead atoms. The monoisotopic (exact) mass is 240 g/mol. The van der Waals surface area contributed by atoms with E-state index in [1.165, 1.54) is 10.4 Å². The Balaban J connectivity index is 2.09. The topological polar surface area (TPSA) is 38.5 Å². The minimum Gasteiger partial charge on any atom is -0.380 e. The van der Waals surface area contributed by atoms with Gasteiger partial charge in [0.2, 0.25) is 0 Å². The van der Waals surface area contributed by atoms with Gasteiger partial charge in [-0.2, -0.15) is 0 Å². The second kappa shape index (κ2) is 5.27. The second-order valence-corrected chi connectivity index (χ2v) is 5.31. The maximum Gasteiger partial charge on any atom is 0.0710 e. The van der Waals surface area contributed by atoms with Gasteiger partial charge in [0.25, 0.3) is 0 Å². The van der Waals surface area contributed by atoms with Crippen LogP contribution in [0.25, 0.3) is 0 Å². The highest BCUT2D eigenvalue weighted by Crippen LogP contribution is 2.30. The first-order valence-corrected chi connectivity index (χ1v) is 6.65. The van der Waals surface area contributed by atoms with Crippen LogP contribution in [0.15, 0.2) is 11.4 Å². The van der Waals surface area contributed by atoms with Crippen molar-refractivity contribution in [1.29, 1.82) is 0 Å². The summed E-state index contributed by atoms with van der Waals surface area (Å²) in [5.41, 5.74) is 7.29. The Hall–Kier alpha value is -0.420. The minimum atomic E-state index is 0.375. The van der Waals surface area contributed by atoms with Crippen molar-refractivity contribution in [1.82, 2.24) is 4.90 Å². The molecule has 3 nitrogen and oxygen atoms in total. The van der Waals surface area contributed by atoms with Crippen LogP contribution in [0.4, 0.5) is 0 Å². The summed E-state index contributed by atoms with van der Waals surface area (Å²) in [5.74, 6) is 0. The van der Waals surface area contributed by atoms with Gasteiger partial charge in [-0.15, -0.1) is 11.3 Å². The third-order valence-electron chi connectivity index (χ3n) is 3.38. The molecular weight excluding hydrogens is 220 g/mol.